The molecule has 2 heterocycles. The van der Waals surface area contributed by atoms with Gasteiger partial charge in [-0.05, 0) is 55.7 Å². The fourth-order valence-electron chi connectivity index (χ4n) is 3.06. The van der Waals surface area contributed by atoms with Crippen LogP contribution in [0.15, 0.2) is 55.0 Å². The fraction of sp³-hybridized carbons (Fsp3) is 0.250. The highest BCUT2D eigenvalue weighted by Crippen LogP contribution is 2.30. The molecule has 132 valence electrons. The van der Waals surface area contributed by atoms with Gasteiger partial charge in [0, 0.05) is 25.0 Å². The van der Waals surface area contributed by atoms with E-state index in [1.165, 1.54) is 12.1 Å². The standard InChI is InChI=1S/C20H19FN4O/c1-14-19(12-23-25(14)18-6-4-16(21)5-7-18)20(26)24(17-8-9-17)13-15-3-2-10-22-11-15/h2-7,10-12,17H,8-9,13H2,1H3. The number of aromatic nitrogens is 3. The van der Waals surface area contributed by atoms with Crippen LogP contribution in [-0.4, -0.2) is 31.6 Å². The van der Waals surface area contributed by atoms with Crippen LogP contribution in [0.1, 0.15) is 34.5 Å². The summed E-state index contributed by atoms with van der Waals surface area (Å²) in [6.07, 6.45) is 7.16. The van der Waals surface area contributed by atoms with Gasteiger partial charge in [0.05, 0.1) is 23.1 Å². The van der Waals surface area contributed by atoms with Crippen LogP contribution in [0.2, 0.25) is 0 Å². The molecular formula is C20H19FN4O. The van der Waals surface area contributed by atoms with E-state index in [-0.39, 0.29) is 17.8 Å². The highest BCUT2D eigenvalue weighted by molar-refractivity contribution is 5.95. The molecule has 0 N–H and O–H groups in total. The molecule has 0 saturated heterocycles. The van der Waals surface area contributed by atoms with Gasteiger partial charge in [-0.2, -0.15) is 5.10 Å². The molecule has 4 rings (SSSR count). The lowest BCUT2D eigenvalue weighted by Gasteiger charge is -2.22. The Bertz CT molecular complexity index is 917. The molecule has 0 radical (unpaired) electrons. The Labute approximate surface area is 151 Å². The number of hydrogen-bond donors (Lipinski definition) is 0. The van der Waals surface area contributed by atoms with Crippen molar-refractivity contribution in [1.82, 2.24) is 19.7 Å². The van der Waals surface area contributed by atoms with Gasteiger partial charge >= 0.3 is 0 Å². The van der Waals surface area contributed by atoms with Gasteiger partial charge in [-0.1, -0.05) is 6.07 Å². The van der Waals surface area contributed by atoms with Gasteiger partial charge in [0.15, 0.2) is 0 Å². The van der Waals surface area contributed by atoms with Crippen molar-refractivity contribution in [1.29, 1.82) is 0 Å². The molecule has 1 saturated carbocycles. The maximum Gasteiger partial charge on any atom is 0.257 e. The third-order valence-electron chi connectivity index (χ3n) is 4.64. The number of hydrogen-bond acceptors (Lipinski definition) is 3. The number of halogens is 1. The van der Waals surface area contributed by atoms with Gasteiger partial charge in [0.1, 0.15) is 5.82 Å². The van der Waals surface area contributed by atoms with Crippen molar-refractivity contribution in [2.75, 3.05) is 0 Å². The van der Waals surface area contributed by atoms with E-state index in [4.69, 9.17) is 0 Å². The summed E-state index contributed by atoms with van der Waals surface area (Å²) in [5.74, 6) is -0.326. The quantitative estimate of drug-likeness (QED) is 0.707. The second kappa shape index (κ2) is 6.71. The molecule has 3 aromatic rings. The van der Waals surface area contributed by atoms with Gasteiger partial charge in [-0.25, -0.2) is 9.07 Å². The van der Waals surface area contributed by atoms with Crippen LogP contribution in [0, 0.1) is 12.7 Å². The Kier molecular flexibility index (Phi) is 4.24. The number of carbonyl (C=O) groups excluding carboxylic acids is 1. The minimum Gasteiger partial charge on any atom is -0.331 e. The first-order chi connectivity index (χ1) is 12.6. The molecule has 0 aliphatic heterocycles. The smallest absolute Gasteiger partial charge is 0.257 e. The summed E-state index contributed by atoms with van der Waals surface area (Å²) < 4.78 is 14.8. The summed E-state index contributed by atoms with van der Waals surface area (Å²) in [6.45, 7) is 2.40. The molecule has 1 aliphatic rings. The van der Waals surface area contributed by atoms with Crippen LogP contribution < -0.4 is 0 Å². The number of pyridine rings is 1. The first kappa shape index (κ1) is 16.4. The Morgan fingerprint density at radius 3 is 2.65 bits per heavy atom. The first-order valence-corrected chi connectivity index (χ1v) is 8.64. The monoisotopic (exact) mass is 350 g/mol. The summed E-state index contributed by atoms with van der Waals surface area (Å²) in [5, 5.41) is 4.34. The Morgan fingerprint density at radius 1 is 1.23 bits per heavy atom. The number of benzene rings is 1. The minimum atomic E-state index is -0.300. The van der Waals surface area contributed by atoms with Crippen LogP contribution in [0.5, 0.6) is 0 Å². The number of carbonyl (C=O) groups is 1. The van der Waals surface area contributed by atoms with E-state index in [1.54, 1.807) is 35.4 Å². The first-order valence-electron chi connectivity index (χ1n) is 8.64. The van der Waals surface area contributed by atoms with E-state index < -0.39 is 0 Å². The second-order valence-electron chi connectivity index (χ2n) is 6.56. The van der Waals surface area contributed by atoms with E-state index in [2.05, 4.69) is 10.1 Å². The predicted molar refractivity (Wildman–Crippen MR) is 95.4 cm³/mol. The van der Waals surface area contributed by atoms with Crippen LogP contribution in [0.4, 0.5) is 4.39 Å². The zero-order chi connectivity index (χ0) is 18.1. The molecule has 1 amide bonds. The van der Waals surface area contributed by atoms with Crippen molar-refractivity contribution < 1.29 is 9.18 Å². The normalized spacial score (nSPS) is 13.6. The average Bonchev–Trinajstić information content (AvgIpc) is 3.43. The fourth-order valence-corrected chi connectivity index (χ4v) is 3.06. The van der Waals surface area contributed by atoms with Gasteiger partial charge in [0.2, 0.25) is 0 Å². The van der Waals surface area contributed by atoms with E-state index in [0.717, 1.165) is 29.8 Å². The van der Waals surface area contributed by atoms with Crippen LogP contribution >= 0.6 is 0 Å². The molecule has 1 aliphatic carbocycles. The van der Waals surface area contributed by atoms with Crippen molar-refractivity contribution in [3.8, 4) is 5.69 Å². The lowest BCUT2D eigenvalue weighted by molar-refractivity contribution is 0.0729. The number of rotatable bonds is 5. The van der Waals surface area contributed by atoms with Crippen molar-refractivity contribution in [3.63, 3.8) is 0 Å². The largest absolute Gasteiger partial charge is 0.331 e. The molecule has 2 aromatic heterocycles. The SMILES string of the molecule is Cc1c(C(=O)N(Cc2cccnc2)C2CC2)cnn1-c1ccc(F)cc1. The van der Waals surface area contributed by atoms with Crippen LogP contribution in [0.25, 0.3) is 5.69 Å². The molecule has 26 heavy (non-hydrogen) atoms. The highest BCUT2D eigenvalue weighted by atomic mass is 19.1. The lowest BCUT2D eigenvalue weighted by atomic mass is 10.2. The summed E-state index contributed by atoms with van der Waals surface area (Å²) in [4.78, 5) is 19.2. The van der Waals surface area contributed by atoms with Gasteiger partial charge < -0.3 is 4.90 Å². The minimum absolute atomic E-state index is 0.0257. The van der Waals surface area contributed by atoms with Gasteiger partial charge in [0.25, 0.3) is 5.91 Å². The van der Waals surface area contributed by atoms with E-state index >= 15 is 0 Å². The molecule has 0 spiro atoms. The second-order valence-corrected chi connectivity index (χ2v) is 6.56. The summed E-state index contributed by atoms with van der Waals surface area (Å²) in [7, 11) is 0. The van der Waals surface area contributed by atoms with Crippen molar-refractivity contribution >= 4 is 5.91 Å². The molecule has 0 bridgehead atoms. The van der Waals surface area contributed by atoms with Crippen molar-refractivity contribution in [2.45, 2.75) is 32.4 Å². The zero-order valence-electron chi connectivity index (χ0n) is 14.5. The third-order valence-corrected chi connectivity index (χ3v) is 4.64. The van der Waals surface area contributed by atoms with Gasteiger partial charge in [-0.3, -0.25) is 9.78 Å². The summed E-state index contributed by atoms with van der Waals surface area (Å²) >= 11 is 0. The van der Waals surface area contributed by atoms with Crippen molar-refractivity contribution in [2.24, 2.45) is 0 Å². The Balaban J connectivity index is 1.61. The molecule has 0 atom stereocenters. The molecular weight excluding hydrogens is 331 g/mol. The number of amides is 1. The van der Waals surface area contributed by atoms with E-state index in [9.17, 15) is 9.18 Å². The molecule has 6 heteroatoms. The van der Waals surface area contributed by atoms with E-state index in [0.29, 0.717) is 12.1 Å². The average molecular weight is 350 g/mol. The maximum atomic E-state index is 13.1. The van der Waals surface area contributed by atoms with Crippen LogP contribution in [-0.2, 0) is 6.54 Å². The Hall–Kier alpha value is -3.02. The van der Waals surface area contributed by atoms with Crippen molar-refractivity contribution in [3.05, 3.63) is 77.6 Å². The third kappa shape index (κ3) is 3.22. The topological polar surface area (TPSA) is 51.0 Å². The molecule has 1 aromatic carbocycles. The summed E-state index contributed by atoms with van der Waals surface area (Å²) in [5.41, 5.74) is 3.06. The van der Waals surface area contributed by atoms with Gasteiger partial charge in [-0.15, -0.1) is 0 Å². The van der Waals surface area contributed by atoms with Crippen LogP contribution in [0.3, 0.4) is 0 Å². The molecule has 0 unspecified atom stereocenters. The number of nitrogens with zero attached hydrogens (tertiary/aromatic N) is 4. The zero-order valence-corrected chi connectivity index (χ0v) is 14.5. The van der Waals surface area contributed by atoms with E-state index in [1.807, 2.05) is 24.0 Å². The predicted octanol–water partition coefficient (Wildman–Crippen LogP) is 3.52. The maximum absolute atomic E-state index is 13.1. The lowest BCUT2D eigenvalue weighted by Crippen LogP contribution is -2.33. The highest BCUT2D eigenvalue weighted by Gasteiger charge is 2.34. The Morgan fingerprint density at radius 2 is 2.00 bits per heavy atom. The molecule has 1 fully saturated rings. The molecule has 5 nitrogen and oxygen atoms in total. The summed E-state index contributed by atoms with van der Waals surface area (Å²) in [6, 6.07) is 10.2.